The van der Waals surface area contributed by atoms with E-state index in [2.05, 4.69) is 5.32 Å². The van der Waals surface area contributed by atoms with Crippen molar-refractivity contribution in [2.75, 3.05) is 11.9 Å². The van der Waals surface area contributed by atoms with Crippen LogP contribution in [0.25, 0.3) is 0 Å². The van der Waals surface area contributed by atoms with Gasteiger partial charge >= 0.3 is 0 Å². The Bertz CT molecular complexity index is 815. The van der Waals surface area contributed by atoms with E-state index in [4.69, 9.17) is 4.74 Å². The van der Waals surface area contributed by atoms with Gasteiger partial charge in [-0.05, 0) is 38.5 Å². The summed E-state index contributed by atoms with van der Waals surface area (Å²) < 4.78 is 5.75. The normalized spacial score (nSPS) is 16.7. The molecule has 0 bridgehead atoms. The molecule has 1 heterocycles. The number of para-hydroxylation sites is 2. The lowest BCUT2D eigenvalue weighted by Crippen LogP contribution is -2.28. The zero-order valence-corrected chi connectivity index (χ0v) is 16.1. The first-order valence-corrected chi connectivity index (χ1v) is 9.32. The molecule has 1 aliphatic heterocycles. The van der Waals surface area contributed by atoms with Gasteiger partial charge in [0, 0.05) is 19.5 Å². The minimum Gasteiger partial charge on any atom is -0.489 e. The summed E-state index contributed by atoms with van der Waals surface area (Å²) in [5, 5.41) is 2.93. The molecule has 1 N–H and O–H groups in total. The van der Waals surface area contributed by atoms with Crippen molar-refractivity contribution in [2.24, 2.45) is 5.92 Å². The Hall–Kier alpha value is -2.82. The highest BCUT2D eigenvalue weighted by Gasteiger charge is 2.34. The maximum atomic E-state index is 12.7. The van der Waals surface area contributed by atoms with Gasteiger partial charge in [0.05, 0.1) is 17.7 Å². The predicted molar refractivity (Wildman–Crippen MR) is 106 cm³/mol. The van der Waals surface area contributed by atoms with Gasteiger partial charge in [-0.15, -0.1) is 0 Å². The lowest BCUT2D eigenvalue weighted by Gasteiger charge is -2.18. The van der Waals surface area contributed by atoms with E-state index in [1.54, 1.807) is 4.90 Å². The second-order valence-electron chi connectivity index (χ2n) is 7.31. The van der Waals surface area contributed by atoms with Crippen LogP contribution in [0, 0.1) is 12.8 Å². The van der Waals surface area contributed by atoms with Crippen LogP contribution in [-0.4, -0.2) is 29.4 Å². The molecule has 1 atom stereocenters. The van der Waals surface area contributed by atoms with Crippen molar-refractivity contribution in [3.63, 3.8) is 0 Å². The topological polar surface area (TPSA) is 58.6 Å². The fraction of sp³-hybridized carbons (Fsp3) is 0.364. The van der Waals surface area contributed by atoms with E-state index < -0.39 is 0 Å². The minimum absolute atomic E-state index is 0.0149. The average Bonchev–Trinajstić information content (AvgIpc) is 2.99. The van der Waals surface area contributed by atoms with Gasteiger partial charge in [-0.1, -0.05) is 42.0 Å². The number of ether oxygens (including phenoxy) is 1. The first-order valence-electron chi connectivity index (χ1n) is 9.32. The summed E-state index contributed by atoms with van der Waals surface area (Å²) in [7, 11) is 0. The number of carbonyl (C=O) groups is 2. The molecular formula is C22H26N2O3. The van der Waals surface area contributed by atoms with E-state index in [0.717, 1.165) is 5.56 Å². The van der Waals surface area contributed by atoms with Gasteiger partial charge in [0.2, 0.25) is 11.8 Å². The van der Waals surface area contributed by atoms with Gasteiger partial charge in [-0.25, -0.2) is 0 Å². The molecule has 1 aliphatic rings. The van der Waals surface area contributed by atoms with Crippen LogP contribution in [-0.2, 0) is 16.1 Å². The van der Waals surface area contributed by atoms with Gasteiger partial charge in [0.25, 0.3) is 0 Å². The van der Waals surface area contributed by atoms with Gasteiger partial charge < -0.3 is 15.0 Å². The van der Waals surface area contributed by atoms with Crippen molar-refractivity contribution in [2.45, 2.75) is 39.8 Å². The van der Waals surface area contributed by atoms with Crippen LogP contribution in [0.1, 0.15) is 31.4 Å². The number of nitrogens with one attached hydrogen (secondary N) is 1. The Morgan fingerprint density at radius 3 is 2.59 bits per heavy atom. The van der Waals surface area contributed by atoms with Gasteiger partial charge in [0.1, 0.15) is 5.75 Å². The molecule has 2 aromatic rings. The Kier molecular flexibility index (Phi) is 5.79. The third-order valence-electron chi connectivity index (χ3n) is 4.59. The molecule has 2 aromatic carbocycles. The molecule has 0 radical (unpaired) electrons. The highest BCUT2D eigenvalue weighted by atomic mass is 16.5. The Labute approximate surface area is 160 Å². The molecule has 27 heavy (non-hydrogen) atoms. The summed E-state index contributed by atoms with van der Waals surface area (Å²) in [6, 6.07) is 15.5. The molecule has 0 saturated carbocycles. The van der Waals surface area contributed by atoms with E-state index in [9.17, 15) is 9.59 Å². The molecule has 5 heteroatoms. The first kappa shape index (κ1) is 19.0. The van der Waals surface area contributed by atoms with E-state index in [1.165, 1.54) is 5.56 Å². The second-order valence-corrected chi connectivity index (χ2v) is 7.31. The molecule has 2 amide bonds. The number of anilines is 1. The summed E-state index contributed by atoms with van der Waals surface area (Å²) in [5.74, 6) is 0.161. The van der Waals surface area contributed by atoms with Crippen molar-refractivity contribution >= 4 is 17.5 Å². The second kappa shape index (κ2) is 8.25. The van der Waals surface area contributed by atoms with Crippen LogP contribution in [0.3, 0.4) is 0 Å². The van der Waals surface area contributed by atoms with Crippen LogP contribution >= 0.6 is 0 Å². The zero-order valence-electron chi connectivity index (χ0n) is 16.1. The lowest BCUT2D eigenvalue weighted by molar-refractivity contribution is -0.128. The number of hydrogen-bond acceptors (Lipinski definition) is 3. The SMILES string of the molecule is Cc1ccc(CN2CC(C(=O)Nc3ccccc3OC(C)C)CC2=O)cc1. The number of nitrogens with zero attached hydrogens (tertiary/aromatic N) is 1. The fourth-order valence-electron chi connectivity index (χ4n) is 3.18. The van der Waals surface area contributed by atoms with Crippen molar-refractivity contribution < 1.29 is 14.3 Å². The third kappa shape index (κ3) is 4.88. The molecule has 1 unspecified atom stereocenters. The van der Waals surface area contributed by atoms with Crippen molar-refractivity contribution in [1.82, 2.24) is 4.90 Å². The van der Waals surface area contributed by atoms with Crippen molar-refractivity contribution in [3.8, 4) is 5.75 Å². The largest absolute Gasteiger partial charge is 0.489 e. The Morgan fingerprint density at radius 2 is 1.89 bits per heavy atom. The molecule has 0 aliphatic carbocycles. The summed E-state index contributed by atoms with van der Waals surface area (Å²) in [6.07, 6.45) is 0.256. The number of benzene rings is 2. The number of amides is 2. The van der Waals surface area contributed by atoms with Crippen molar-refractivity contribution in [3.05, 3.63) is 59.7 Å². The van der Waals surface area contributed by atoms with Gasteiger partial charge in [-0.3, -0.25) is 9.59 Å². The summed E-state index contributed by atoms with van der Waals surface area (Å²) in [4.78, 5) is 26.8. The highest BCUT2D eigenvalue weighted by molar-refractivity contribution is 5.98. The zero-order chi connectivity index (χ0) is 19.4. The molecule has 1 fully saturated rings. The summed E-state index contributed by atoms with van der Waals surface area (Å²) in [6.45, 7) is 6.89. The number of rotatable bonds is 6. The molecule has 3 rings (SSSR count). The van der Waals surface area contributed by atoms with Gasteiger partial charge in [-0.2, -0.15) is 0 Å². The standard InChI is InChI=1S/C22H26N2O3/c1-15(2)27-20-7-5-4-6-19(20)23-22(26)18-12-21(25)24(14-18)13-17-10-8-16(3)9-11-17/h4-11,15,18H,12-14H2,1-3H3,(H,23,26). The third-order valence-corrected chi connectivity index (χ3v) is 4.59. The summed E-state index contributed by atoms with van der Waals surface area (Å²) >= 11 is 0. The van der Waals surface area contributed by atoms with Crippen LogP contribution in [0.15, 0.2) is 48.5 Å². The molecular weight excluding hydrogens is 340 g/mol. The lowest BCUT2D eigenvalue weighted by atomic mass is 10.1. The smallest absolute Gasteiger partial charge is 0.229 e. The van der Waals surface area contributed by atoms with E-state index in [1.807, 2.05) is 69.3 Å². The van der Waals surface area contributed by atoms with Crippen LogP contribution in [0.5, 0.6) is 5.75 Å². The molecule has 0 aromatic heterocycles. The average molecular weight is 366 g/mol. The highest BCUT2D eigenvalue weighted by Crippen LogP contribution is 2.27. The molecule has 142 valence electrons. The maximum absolute atomic E-state index is 12.7. The predicted octanol–water partition coefficient (Wildman–Crippen LogP) is 3.77. The van der Waals surface area contributed by atoms with E-state index in [-0.39, 0.29) is 30.3 Å². The Balaban J connectivity index is 1.63. The van der Waals surface area contributed by atoms with Crippen LogP contribution in [0.2, 0.25) is 0 Å². The monoisotopic (exact) mass is 366 g/mol. The van der Waals surface area contributed by atoms with Gasteiger partial charge in [0.15, 0.2) is 0 Å². The van der Waals surface area contributed by atoms with Crippen molar-refractivity contribution in [1.29, 1.82) is 0 Å². The maximum Gasteiger partial charge on any atom is 0.229 e. The van der Waals surface area contributed by atoms with Crippen LogP contribution in [0.4, 0.5) is 5.69 Å². The Morgan fingerprint density at radius 1 is 1.19 bits per heavy atom. The number of likely N-dealkylation sites (tertiary alicyclic amines) is 1. The first-order chi connectivity index (χ1) is 12.9. The van der Waals surface area contributed by atoms with E-state index >= 15 is 0 Å². The molecule has 1 saturated heterocycles. The fourth-order valence-corrected chi connectivity index (χ4v) is 3.18. The van der Waals surface area contributed by atoms with Crippen LogP contribution < -0.4 is 10.1 Å². The molecule has 0 spiro atoms. The number of aryl methyl sites for hydroxylation is 1. The number of carbonyl (C=O) groups excluding carboxylic acids is 2. The van der Waals surface area contributed by atoms with E-state index in [0.29, 0.717) is 24.5 Å². The quantitative estimate of drug-likeness (QED) is 0.847. The molecule has 5 nitrogen and oxygen atoms in total. The number of hydrogen-bond donors (Lipinski definition) is 1. The summed E-state index contributed by atoms with van der Waals surface area (Å²) in [5.41, 5.74) is 2.90. The minimum atomic E-state index is -0.352.